The third kappa shape index (κ3) is 4.81. The molecule has 1 amide bonds. The minimum absolute atomic E-state index is 0.0879. The SMILES string of the molecule is CC(C)(C)OC(=O)NC1CC[C@@](C)(O)OC1. The highest BCUT2D eigenvalue weighted by Crippen LogP contribution is 2.21. The number of hydrogen-bond donors (Lipinski definition) is 2. The number of aliphatic hydroxyl groups is 1. The predicted octanol–water partition coefficient (Wildman–Crippen LogP) is 1.40. The molecule has 0 aliphatic carbocycles. The first-order chi connectivity index (χ1) is 7.18. The minimum atomic E-state index is -1.06. The highest BCUT2D eigenvalue weighted by Gasteiger charge is 2.30. The molecule has 1 aliphatic rings. The van der Waals surface area contributed by atoms with Crippen molar-refractivity contribution in [3.63, 3.8) is 0 Å². The maximum atomic E-state index is 11.4. The van der Waals surface area contributed by atoms with Crippen LogP contribution in [0.5, 0.6) is 0 Å². The van der Waals surface area contributed by atoms with E-state index in [1.54, 1.807) is 6.92 Å². The van der Waals surface area contributed by atoms with Crippen LogP contribution in [0.25, 0.3) is 0 Å². The van der Waals surface area contributed by atoms with Crippen molar-refractivity contribution in [2.45, 2.75) is 58.0 Å². The molecule has 2 atom stereocenters. The van der Waals surface area contributed by atoms with Crippen molar-refractivity contribution in [2.24, 2.45) is 0 Å². The Morgan fingerprint density at radius 2 is 2.19 bits per heavy atom. The zero-order valence-corrected chi connectivity index (χ0v) is 10.4. The molecule has 16 heavy (non-hydrogen) atoms. The van der Waals surface area contributed by atoms with Gasteiger partial charge in [-0.2, -0.15) is 0 Å². The summed E-state index contributed by atoms with van der Waals surface area (Å²) >= 11 is 0. The Morgan fingerprint density at radius 3 is 2.62 bits per heavy atom. The molecule has 0 aromatic rings. The monoisotopic (exact) mass is 231 g/mol. The van der Waals surface area contributed by atoms with Crippen LogP contribution < -0.4 is 5.32 Å². The Morgan fingerprint density at radius 1 is 1.56 bits per heavy atom. The fourth-order valence-corrected chi connectivity index (χ4v) is 1.47. The molecule has 1 unspecified atom stereocenters. The van der Waals surface area contributed by atoms with Gasteiger partial charge in [0.05, 0.1) is 12.6 Å². The van der Waals surface area contributed by atoms with Crippen molar-refractivity contribution in [1.29, 1.82) is 0 Å². The Labute approximate surface area is 96.1 Å². The standard InChI is InChI=1S/C11H21NO4/c1-10(2,3)16-9(13)12-8-5-6-11(4,14)15-7-8/h8,14H,5-7H2,1-4H3,(H,12,13)/t8?,11-/m0/s1. The van der Waals surface area contributed by atoms with E-state index in [9.17, 15) is 9.90 Å². The third-order valence-corrected chi connectivity index (χ3v) is 2.27. The first kappa shape index (κ1) is 13.3. The van der Waals surface area contributed by atoms with Crippen LogP contribution in [0, 0.1) is 0 Å². The van der Waals surface area contributed by atoms with Gasteiger partial charge in [-0.15, -0.1) is 0 Å². The molecule has 1 fully saturated rings. The Bertz CT molecular complexity index is 247. The number of hydrogen-bond acceptors (Lipinski definition) is 4. The summed E-state index contributed by atoms with van der Waals surface area (Å²) in [4.78, 5) is 11.4. The van der Waals surface area contributed by atoms with Crippen LogP contribution >= 0.6 is 0 Å². The van der Waals surface area contributed by atoms with Gasteiger partial charge in [-0.1, -0.05) is 0 Å². The molecule has 0 radical (unpaired) electrons. The average molecular weight is 231 g/mol. The van der Waals surface area contributed by atoms with Crippen molar-refractivity contribution < 1.29 is 19.4 Å². The maximum absolute atomic E-state index is 11.4. The molecule has 0 spiro atoms. The molecule has 94 valence electrons. The molecule has 1 heterocycles. The van der Waals surface area contributed by atoms with Crippen molar-refractivity contribution in [3.8, 4) is 0 Å². The van der Waals surface area contributed by atoms with Gasteiger partial charge in [0.15, 0.2) is 5.79 Å². The summed E-state index contributed by atoms with van der Waals surface area (Å²) in [5, 5.41) is 12.3. The van der Waals surface area contributed by atoms with Crippen molar-refractivity contribution >= 4 is 6.09 Å². The average Bonchev–Trinajstić information content (AvgIpc) is 2.05. The van der Waals surface area contributed by atoms with Gasteiger partial charge in [0.25, 0.3) is 0 Å². The Hall–Kier alpha value is -0.810. The van der Waals surface area contributed by atoms with Crippen LogP contribution in [-0.4, -0.2) is 35.2 Å². The van der Waals surface area contributed by atoms with E-state index in [4.69, 9.17) is 9.47 Å². The number of alkyl carbamates (subject to hydrolysis) is 1. The summed E-state index contributed by atoms with van der Waals surface area (Å²) in [7, 11) is 0. The van der Waals surface area contributed by atoms with Gasteiger partial charge < -0.3 is 19.9 Å². The van der Waals surface area contributed by atoms with Gasteiger partial charge in [0.2, 0.25) is 0 Å². The van der Waals surface area contributed by atoms with E-state index in [2.05, 4.69) is 5.32 Å². The van der Waals surface area contributed by atoms with Gasteiger partial charge in [0.1, 0.15) is 5.60 Å². The molecule has 5 heteroatoms. The summed E-state index contributed by atoms with van der Waals surface area (Å²) in [6.07, 6.45) is 0.752. The fraction of sp³-hybridized carbons (Fsp3) is 0.909. The molecule has 0 aromatic heterocycles. The lowest BCUT2D eigenvalue weighted by Crippen LogP contribution is -2.48. The van der Waals surface area contributed by atoms with Crippen LogP contribution in [0.3, 0.4) is 0 Å². The minimum Gasteiger partial charge on any atom is -0.444 e. The molecule has 0 bridgehead atoms. The van der Waals surface area contributed by atoms with Crippen LogP contribution in [0.1, 0.15) is 40.5 Å². The summed E-state index contributed by atoms with van der Waals surface area (Å²) in [6, 6.07) is -0.0879. The molecule has 0 aromatic carbocycles. The van der Waals surface area contributed by atoms with Crippen molar-refractivity contribution in [2.75, 3.05) is 6.61 Å². The van der Waals surface area contributed by atoms with Gasteiger partial charge >= 0.3 is 6.09 Å². The lowest BCUT2D eigenvalue weighted by atomic mass is 10.0. The van der Waals surface area contributed by atoms with Gasteiger partial charge in [-0.3, -0.25) is 0 Å². The Kier molecular flexibility index (Phi) is 3.80. The maximum Gasteiger partial charge on any atom is 0.407 e. The summed E-state index contributed by atoms with van der Waals surface area (Å²) < 4.78 is 10.3. The van der Waals surface area contributed by atoms with Crippen LogP contribution in [-0.2, 0) is 9.47 Å². The topological polar surface area (TPSA) is 67.8 Å². The van der Waals surface area contributed by atoms with Crippen molar-refractivity contribution in [1.82, 2.24) is 5.32 Å². The number of amides is 1. The second kappa shape index (κ2) is 4.59. The number of rotatable bonds is 1. The first-order valence-corrected chi connectivity index (χ1v) is 5.54. The summed E-state index contributed by atoms with van der Waals surface area (Å²) in [5.41, 5.74) is -0.495. The zero-order valence-electron chi connectivity index (χ0n) is 10.4. The van der Waals surface area contributed by atoms with E-state index >= 15 is 0 Å². The van der Waals surface area contributed by atoms with E-state index in [1.807, 2.05) is 20.8 Å². The number of carbonyl (C=O) groups excluding carboxylic acids is 1. The number of nitrogens with one attached hydrogen (secondary N) is 1. The van der Waals surface area contributed by atoms with Crippen LogP contribution in [0.2, 0.25) is 0 Å². The summed E-state index contributed by atoms with van der Waals surface area (Å²) in [5.74, 6) is -1.06. The van der Waals surface area contributed by atoms with Gasteiger partial charge in [-0.25, -0.2) is 4.79 Å². The third-order valence-electron chi connectivity index (χ3n) is 2.27. The molecule has 1 saturated heterocycles. The molecule has 2 N–H and O–H groups in total. The van der Waals surface area contributed by atoms with Gasteiger partial charge in [-0.05, 0) is 34.1 Å². The van der Waals surface area contributed by atoms with Gasteiger partial charge in [0, 0.05) is 6.42 Å². The smallest absolute Gasteiger partial charge is 0.407 e. The first-order valence-electron chi connectivity index (χ1n) is 5.54. The van der Waals surface area contributed by atoms with Crippen LogP contribution in [0.4, 0.5) is 4.79 Å². The fourth-order valence-electron chi connectivity index (χ4n) is 1.47. The highest BCUT2D eigenvalue weighted by molar-refractivity contribution is 5.68. The molecular weight excluding hydrogens is 210 g/mol. The molecule has 1 aliphatic heterocycles. The Balaban J connectivity index is 2.32. The summed E-state index contributed by atoms with van der Waals surface area (Å²) in [6.45, 7) is 7.38. The van der Waals surface area contributed by atoms with E-state index in [0.717, 1.165) is 0 Å². The quantitative estimate of drug-likeness (QED) is 0.715. The molecule has 0 saturated carbocycles. The lowest BCUT2D eigenvalue weighted by molar-refractivity contribution is -0.216. The molecule has 5 nitrogen and oxygen atoms in total. The highest BCUT2D eigenvalue weighted by atomic mass is 16.6. The second-order valence-electron chi connectivity index (χ2n) is 5.37. The number of carbonyl (C=O) groups is 1. The molecular formula is C11H21NO4. The normalized spacial score (nSPS) is 30.9. The van der Waals surface area contributed by atoms with Crippen LogP contribution in [0.15, 0.2) is 0 Å². The second-order valence-corrected chi connectivity index (χ2v) is 5.37. The van der Waals surface area contributed by atoms with E-state index < -0.39 is 17.5 Å². The lowest BCUT2D eigenvalue weighted by Gasteiger charge is -2.33. The van der Waals surface area contributed by atoms with E-state index in [1.165, 1.54) is 0 Å². The molecule has 1 rings (SSSR count). The zero-order chi connectivity index (χ0) is 12.4. The number of ether oxygens (including phenoxy) is 2. The predicted molar refractivity (Wildman–Crippen MR) is 59.0 cm³/mol. The van der Waals surface area contributed by atoms with Crippen molar-refractivity contribution in [3.05, 3.63) is 0 Å². The van der Waals surface area contributed by atoms with E-state index in [-0.39, 0.29) is 6.04 Å². The van der Waals surface area contributed by atoms with E-state index in [0.29, 0.717) is 19.4 Å². The largest absolute Gasteiger partial charge is 0.444 e.